The molecule has 0 aliphatic rings. The molecule has 0 atom stereocenters. The van der Waals surface area contributed by atoms with E-state index in [0.29, 0.717) is 0 Å². The fraction of sp³-hybridized carbons (Fsp3) is 0.154. The normalized spacial score (nSPS) is 10.6. The Kier molecular flexibility index (Phi) is 5.75. The molecule has 4 aromatic rings. The third-order valence-corrected chi connectivity index (χ3v) is 5.21. The third kappa shape index (κ3) is 4.18. The van der Waals surface area contributed by atoms with E-state index in [0.717, 1.165) is 34.9 Å². The molecule has 0 spiro atoms. The van der Waals surface area contributed by atoms with Gasteiger partial charge in [0.05, 0.1) is 21.3 Å². The van der Waals surface area contributed by atoms with Gasteiger partial charge in [0.25, 0.3) is 0 Å². The molecule has 0 N–H and O–H groups in total. The van der Waals surface area contributed by atoms with Crippen LogP contribution in [0.5, 0.6) is 17.2 Å². The summed E-state index contributed by atoms with van der Waals surface area (Å²) in [4.78, 5) is 0. The Morgan fingerprint density at radius 1 is 0.533 bits per heavy atom. The number of rotatable bonds is 7. The average molecular weight is 399 g/mol. The molecule has 0 radical (unpaired) electrons. The van der Waals surface area contributed by atoms with Gasteiger partial charge >= 0.3 is 0 Å². The molecule has 0 bridgehead atoms. The highest BCUT2D eigenvalue weighted by Crippen LogP contribution is 2.35. The van der Waals surface area contributed by atoms with Crippen LogP contribution < -0.4 is 14.2 Å². The van der Waals surface area contributed by atoms with E-state index in [9.17, 15) is 0 Å². The third-order valence-electron chi connectivity index (χ3n) is 5.21. The van der Waals surface area contributed by atoms with E-state index in [1.165, 1.54) is 16.7 Å². The minimum Gasteiger partial charge on any atom is -0.497 e. The van der Waals surface area contributed by atoms with Crippen LogP contribution in [0.25, 0.3) is 22.3 Å². The highest BCUT2D eigenvalue weighted by molar-refractivity contribution is 5.83. The first-order valence-corrected chi connectivity index (χ1v) is 9.81. The maximum absolute atomic E-state index is 5.32. The molecule has 152 valence electrons. The smallest absolute Gasteiger partial charge is 0.118 e. The van der Waals surface area contributed by atoms with E-state index in [1.54, 1.807) is 21.3 Å². The van der Waals surface area contributed by atoms with Gasteiger partial charge < -0.3 is 18.8 Å². The lowest BCUT2D eigenvalue weighted by Crippen LogP contribution is -1.96. The molecule has 0 amide bonds. The molecule has 0 aliphatic heterocycles. The summed E-state index contributed by atoms with van der Waals surface area (Å²) in [5.74, 6) is 2.56. The van der Waals surface area contributed by atoms with Crippen molar-refractivity contribution in [1.82, 2.24) is 4.57 Å². The SMILES string of the molecule is COc1ccc(Cn2cc(-c3ccc(OC)cc3)c(-c3ccc(OC)cc3)c2)cc1. The van der Waals surface area contributed by atoms with Crippen molar-refractivity contribution >= 4 is 0 Å². The van der Waals surface area contributed by atoms with Crippen LogP contribution in [-0.4, -0.2) is 25.9 Å². The van der Waals surface area contributed by atoms with Crippen molar-refractivity contribution in [3.05, 3.63) is 90.8 Å². The van der Waals surface area contributed by atoms with Crippen molar-refractivity contribution < 1.29 is 14.2 Å². The summed E-state index contributed by atoms with van der Waals surface area (Å²) in [7, 11) is 5.05. The van der Waals surface area contributed by atoms with Gasteiger partial charge in [-0.15, -0.1) is 0 Å². The second-order valence-corrected chi connectivity index (χ2v) is 7.06. The van der Waals surface area contributed by atoms with Crippen molar-refractivity contribution in [2.24, 2.45) is 0 Å². The molecule has 4 rings (SSSR count). The molecule has 1 aromatic heterocycles. The highest BCUT2D eigenvalue weighted by atomic mass is 16.5. The fourth-order valence-electron chi connectivity index (χ4n) is 3.54. The molecule has 4 heteroatoms. The maximum Gasteiger partial charge on any atom is 0.118 e. The highest BCUT2D eigenvalue weighted by Gasteiger charge is 2.12. The molecular weight excluding hydrogens is 374 g/mol. The quantitative estimate of drug-likeness (QED) is 0.388. The minimum atomic E-state index is 0.781. The van der Waals surface area contributed by atoms with Crippen LogP contribution in [0.3, 0.4) is 0 Å². The van der Waals surface area contributed by atoms with E-state index in [-0.39, 0.29) is 0 Å². The van der Waals surface area contributed by atoms with Crippen LogP contribution in [-0.2, 0) is 6.54 Å². The molecule has 0 saturated heterocycles. The van der Waals surface area contributed by atoms with Crippen molar-refractivity contribution in [3.63, 3.8) is 0 Å². The number of aromatic nitrogens is 1. The average Bonchev–Trinajstić information content (AvgIpc) is 3.23. The Hall–Kier alpha value is -3.66. The molecule has 4 nitrogen and oxygen atoms in total. The van der Waals surface area contributed by atoms with Gasteiger partial charge in [0.2, 0.25) is 0 Å². The molecule has 3 aromatic carbocycles. The number of ether oxygens (including phenoxy) is 3. The maximum atomic E-state index is 5.32. The Morgan fingerprint density at radius 3 is 1.27 bits per heavy atom. The van der Waals surface area contributed by atoms with Crippen LogP contribution in [0.15, 0.2) is 85.2 Å². The Labute approximate surface area is 177 Å². The van der Waals surface area contributed by atoms with Gasteiger partial charge in [0.15, 0.2) is 0 Å². The van der Waals surface area contributed by atoms with Crippen LogP contribution in [0.4, 0.5) is 0 Å². The van der Waals surface area contributed by atoms with Crippen LogP contribution in [0.2, 0.25) is 0 Å². The van der Waals surface area contributed by atoms with Gasteiger partial charge in [-0.2, -0.15) is 0 Å². The van der Waals surface area contributed by atoms with Crippen LogP contribution in [0.1, 0.15) is 5.56 Å². The van der Waals surface area contributed by atoms with Crippen LogP contribution >= 0.6 is 0 Å². The lowest BCUT2D eigenvalue weighted by Gasteiger charge is -2.07. The molecule has 0 aliphatic carbocycles. The summed E-state index contributed by atoms with van der Waals surface area (Å²) in [6, 6.07) is 24.5. The van der Waals surface area contributed by atoms with Gasteiger partial charge in [0, 0.05) is 30.1 Å². The zero-order valence-electron chi connectivity index (χ0n) is 17.5. The van der Waals surface area contributed by atoms with Gasteiger partial charge in [-0.25, -0.2) is 0 Å². The Balaban J connectivity index is 1.73. The number of nitrogens with zero attached hydrogens (tertiary/aromatic N) is 1. The summed E-state index contributed by atoms with van der Waals surface area (Å²) in [6.45, 7) is 0.781. The minimum absolute atomic E-state index is 0.781. The van der Waals surface area contributed by atoms with E-state index < -0.39 is 0 Å². The van der Waals surface area contributed by atoms with Crippen molar-refractivity contribution in [3.8, 4) is 39.5 Å². The molecular formula is C26H25NO3. The van der Waals surface area contributed by atoms with E-state index in [1.807, 2.05) is 36.4 Å². The Morgan fingerprint density at radius 2 is 0.900 bits per heavy atom. The summed E-state index contributed by atoms with van der Waals surface area (Å²) < 4.78 is 18.1. The first-order chi connectivity index (χ1) is 14.7. The second kappa shape index (κ2) is 8.78. The standard InChI is InChI=1S/C26H25NO3/c1-28-22-10-4-19(5-11-22)16-27-17-25(20-6-12-23(29-2)13-7-20)26(18-27)21-8-14-24(30-3)15-9-21/h4-15,17-18H,16H2,1-3H3. The molecule has 0 saturated carbocycles. The first kappa shape index (κ1) is 19.6. The first-order valence-electron chi connectivity index (χ1n) is 9.81. The molecule has 1 heterocycles. The number of benzene rings is 3. The summed E-state index contributed by atoms with van der Waals surface area (Å²) in [6.07, 6.45) is 4.40. The van der Waals surface area contributed by atoms with Crippen molar-refractivity contribution in [2.45, 2.75) is 6.54 Å². The van der Waals surface area contributed by atoms with Crippen molar-refractivity contribution in [1.29, 1.82) is 0 Å². The topological polar surface area (TPSA) is 32.6 Å². The van der Waals surface area contributed by atoms with E-state index >= 15 is 0 Å². The van der Waals surface area contributed by atoms with Gasteiger partial charge in [-0.3, -0.25) is 0 Å². The molecule has 0 fully saturated rings. The van der Waals surface area contributed by atoms with E-state index in [4.69, 9.17) is 14.2 Å². The van der Waals surface area contributed by atoms with Crippen molar-refractivity contribution in [2.75, 3.05) is 21.3 Å². The van der Waals surface area contributed by atoms with E-state index in [2.05, 4.69) is 53.4 Å². The van der Waals surface area contributed by atoms with Gasteiger partial charge in [-0.05, 0) is 53.1 Å². The zero-order valence-corrected chi connectivity index (χ0v) is 17.5. The Bertz CT molecular complexity index is 1030. The predicted molar refractivity (Wildman–Crippen MR) is 121 cm³/mol. The van der Waals surface area contributed by atoms with Crippen LogP contribution in [0, 0.1) is 0 Å². The summed E-state index contributed by atoms with van der Waals surface area (Å²) in [5.41, 5.74) is 5.87. The number of hydrogen-bond acceptors (Lipinski definition) is 3. The number of hydrogen-bond donors (Lipinski definition) is 0. The molecule has 0 unspecified atom stereocenters. The lowest BCUT2D eigenvalue weighted by molar-refractivity contribution is 0.414. The summed E-state index contributed by atoms with van der Waals surface area (Å²) in [5, 5.41) is 0. The fourth-order valence-corrected chi connectivity index (χ4v) is 3.54. The summed E-state index contributed by atoms with van der Waals surface area (Å²) >= 11 is 0. The molecule has 30 heavy (non-hydrogen) atoms. The predicted octanol–water partition coefficient (Wildman–Crippen LogP) is 5.90. The monoisotopic (exact) mass is 399 g/mol. The van der Waals surface area contributed by atoms with Gasteiger partial charge in [0.1, 0.15) is 17.2 Å². The lowest BCUT2D eigenvalue weighted by atomic mass is 9.99. The largest absolute Gasteiger partial charge is 0.497 e. The zero-order chi connectivity index (χ0) is 20.9. The van der Waals surface area contributed by atoms with Gasteiger partial charge in [-0.1, -0.05) is 36.4 Å². The second-order valence-electron chi connectivity index (χ2n) is 7.06. The number of methoxy groups -OCH3 is 3.